The summed E-state index contributed by atoms with van der Waals surface area (Å²) in [6.45, 7) is 0.464. The highest BCUT2D eigenvalue weighted by molar-refractivity contribution is 7.99. The summed E-state index contributed by atoms with van der Waals surface area (Å²) in [6, 6.07) is 13.7. The predicted molar refractivity (Wildman–Crippen MR) is 114 cm³/mol. The lowest BCUT2D eigenvalue weighted by molar-refractivity contribution is 0.0753. The number of hydrogen-bond donors (Lipinski definition) is 0. The van der Waals surface area contributed by atoms with Crippen LogP contribution in [-0.4, -0.2) is 28.1 Å². The normalized spacial score (nSPS) is 15.0. The second-order valence-corrected chi connectivity index (χ2v) is 8.75. The molecule has 0 spiro atoms. The van der Waals surface area contributed by atoms with Gasteiger partial charge >= 0.3 is 0 Å². The van der Waals surface area contributed by atoms with Crippen molar-refractivity contribution in [2.24, 2.45) is 0 Å². The Morgan fingerprint density at radius 1 is 1.14 bits per heavy atom. The van der Waals surface area contributed by atoms with E-state index in [9.17, 15) is 4.79 Å². The Morgan fingerprint density at radius 3 is 2.71 bits per heavy atom. The van der Waals surface area contributed by atoms with Crippen LogP contribution in [-0.2, 0) is 12.3 Å². The molecule has 0 N–H and O–H groups in total. The average molecular weight is 395 g/mol. The lowest BCUT2D eigenvalue weighted by atomic mass is 10.0. The molecule has 0 atom stereocenters. The van der Waals surface area contributed by atoms with Gasteiger partial charge in [-0.15, -0.1) is 0 Å². The Labute approximate surface area is 170 Å². The van der Waals surface area contributed by atoms with Gasteiger partial charge in [-0.3, -0.25) is 9.78 Å². The van der Waals surface area contributed by atoms with E-state index in [1.807, 2.05) is 55.2 Å². The minimum atomic E-state index is -0.0823. The molecule has 28 heavy (non-hydrogen) atoms. The molecule has 1 aliphatic rings. The molecule has 0 bridgehead atoms. The number of nitrogens with zero attached hydrogens (tertiary/aromatic N) is 2. The van der Waals surface area contributed by atoms with Gasteiger partial charge in [-0.2, -0.15) is 11.8 Å². The topological polar surface area (TPSA) is 46.3 Å². The Bertz CT molecular complexity index is 932. The van der Waals surface area contributed by atoms with Gasteiger partial charge in [-0.1, -0.05) is 43.5 Å². The van der Waals surface area contributed by atoms with Crippen molar-refractivity contribution < 1.29 is 9.21 Å². The van der Waals surface area contributed by atoms with E-state index >= 15 is 0 Å². The molecular formula is C23H26N2O2S. The van der Waals surface area contributed by atoms with Crippen molar-refractivity contribution >= 4 is 28.6 Å². The monoisotopic (exact) mass is 394 g/mol. The minimum Gasteiger partial charge on any atom is -0.451 e. The van der Waals surface area contributed by atoms with E-state index in [1.165, 1.54) is 32.1 Å². The van der Waals surface area contributed by atoms with Crippen LogP contribution in [0.5, 0.6) is 0 Å². The van der Waals surface area contributed by atoms with Crippen LogP contribution in [0.3, 0.4) is 0 Å². The number of benzene rings is 1. The third kappa shape index (κ3) is 4.25. The number of aromatic nitrogens is 1. The Balaban J connectivity index is 1.57. The number of carbonyl (C=O) groups excluding carboxylic acids is 1. The largest absolute Gasteiger partial charge is 0.451 e. The number of carbonyl (C=O) groups is 1. The molecule has 1 fully saturated rings. The minimum absolute atomic E-state index is 0.0823. The molecule has 1 saturated carbocycles. The molecule has 1 aliphatic carbocycles. The number of pyridine rings is 1. The molecular weight excluding hydrogens is 368 g/mol. The van der Waals surface area contributed by atoms with Crippen molar-refractivity contribution in [2.75, 3.05) is 7.05 Å². The van der Waals surface area contributed by atoms with Gasteiger partial charge in [0.1, 0.15) is 5.58 Å². The van der Waals surface area contributed by atoms with Gasteiger partial charge in [-0.25, -0.2) is 0 Å². The third-order valence-corrected chi connectivity index (χ3v) is 6.78. The van der Waals surface area contributed by atoms with Crippen LogP contribution >= 0.6 is 11.8 Å². The molecule has 1 aromatic carbocycles. The van der Waals surface area contributed by atoms with Crippen LogP contribution in [0.15, 0.2) is 53.1 Å². The average Bonchev–Trinajstić information content (AvgIpc) is 3.11. The highest BCUT2D eigenvalue weighted by Crippen LogP contribution is 2.35. The van der Waals surface area contributed by atoms with Gasteiger partial charge in [0.25, 0.3) is 5.91 Å². The van der Waals surface area contributed by atoms with Crippen molar-refractivity contribution in [1.82, 2.24) is 9.88 Å². The molecule has 0 saturated heterocycles. The van der Waals surface area contributed by atoms with Crippen molar-refractivity contribution in [1.29, 1.82) is 0 Å². The van der Waals surface area contributed by atoms with Crippen LogP contribution in [0.25, 0.3) is 11.0 Å². The fourth-order valence-corrected chi connectivity index (χ4v) is 5.18. The van der Waals surface area contributed by atoms with Crippen molar-refractivity contribution in [2.45, 2.75) is 49.7 Å². The number of amides is 1. The Hall–Kier alpha value is -2.27. The summed E-state index contributed by atoms with van der Waals surface area (Å²) < 4.78 is 6.03. The van der Waals surface area contributed by atoms with Gasteiger partial charge in [0.05, 0.1) is 12.2 Å². The van der Waals surface area contributed by atoms with Gasteiger partial charge in [0.2, 0.25) is 0 Å². The SMILES string of the molecule is CN(Cc1ccccn1)C(=O)c1oc2ccccc2c1CSC1CCCCC1. The molecule has 2 aromatic heterocycles. The second-order valence-electron chi connectivity index (χ2n) is 7.46. The molecule has 0 unspecified atom stereocenters. The molecule has 5 heteroatoms. The summed E-state index contributed by atoms with van der Waals surface area (Å²) >= 11 is 1.97. The fraction of sp³-hybridized carbons (Fsp3) is 0.391. The quantitative estimate of drug-likeness (QED) is 0.541. The van der Waals surface area contributed by atoms with Crippen LogP contribution in [0.2, 0.25) is 0 Å². The number of rotatable bonds is 6. The highest BCUT2D eigenvalue weighted by atomic mass is 32.2. The maximum atomic E-state index is 13.2. The van der Waals surface area contributed by atoms with Crippen LogP contribution in [0.4, 0.5) is 0 Å². The first kappa shape index (κ1) is 19.1. The zero-order valence-corrected chi connectivity index (χ0v) is 17.1. The summed E-state index contributed by atoms with van der Waals surface area (Å²) in [5, 5.41) is 1.75. The first-order valence-electron chi connectivity index (χ1n) is 10.00. The maximum absolute atomic E-state index is 13.2. The Kier molecular flexibility index (Phi) is 6.01. The fourth-order valence-electron chi connectivity index (χ4n) is 3.83. The predicted octanol–water partition coefficient (Wildman–Crippen LogP) is 5.67. The van der Waals surface area contributed by atoms with Crippen LogP contribution in [0.1, 0.15) is 53.9 Å². The second kappa shape index (κ2) is 8.82. The molecule has 2 heterocycles. The molecule has 0 aliphatic heterocycles. The van der Waals surface area contributed by atoms with Gasteiger partial charge < -0.3 is 9.32 Å². The van der Waals surface area contributed by atoms with Crippen LogP contribution in [0, 0.1) is 0 Å². The highest BCUT2D eigenvalue weighted by Gasteiger charge is 2.25. The lowest BCUT2D eigenvalue weighted by Gasteiger charge is -2.21. The molecule has 146 valence electrons. The number of furan rings is 1. The summed E-state index contributed by atoms with van der Waals surface area (Å²) in [7, 11) is 1.81. The summed E-state index contributed by atoms with van der Waals surface area (Å²) in [6.07, 6.45) is 8.31. The lowest BCUT2D eigenvalue weighted by Crippen LogP contribution is -2.27. The zero-order chi connectivity index (χ0) is 19.3. The summed E-state index contributed by atoms with van der Waals surface area (Å²) in [5.41, 5.74) is 2.69. The van der Waals surface area contributed by atoms with E-state index in [-0.39, 0.29) is 5.91 Å². The summed E-state index contributed by atoms with van der Waals surface area (Å²) in [4.78, 5) is 19.2. The van der Waals surface area contributed by atoms with Crippen molar-refractivity contribution in [3.05, 3.63) is 65.7 Å². The van der Waals surface area contributed by atoms with Crippen LogP contribution < -0.4 is 0 Å². The first-order valence-corrected chi connectivity index (χ1v) is 11.0. The molecule has 4 nitrogen and oxygen atoms in total. The number of fused-ring (bicyclic) bond motifs is 1. The number of hydrogen-bond acceptors (Lipinski definition) is 4. The zero-order valence-electron chi connectivity index (χ0n) is 16.3. The molecule has 3 aromatic rings. The van der Waals surface area contributed by atoms with E-state index < -0.39 is 0 Å². The molecule has 0 radical (unpaired) electrons. The van der Waals surface area contributed by atoms with E-state index in [0.29, 0.717) is 17.6 Å². The van der Waals surface area contributed by atoms with E-state index in [4.69, 9.17) is 4.42 Å². The molecule has 4 rings (SSSR count). The van der Waals surface area contributed by atoms with Gasteiger partial charge in [0, 0.05) is 35.2 Å². The Morgan fingerprint density at radius 2 is 1.93 bits per heavy atom. The van der Waals surface area contributed by atoms with E-state index in [0.717, 1.165) is 28.0 Å². The van der Waals surface area contributed by atoms with E-state index in [1.54, 1.807) is 11.1 Å². The van der Waals surface area contributed by atoms with E-state index in [2.05, 4.69) is 11.1 Å². The smallest absolute Gasteiger partial charge is 0.290 e. The standard InChI is InChI=1S/C23H26N2O2S/c1-25(15-17-9-7-8-14-24-17)23(26)22-20(16-28-18-10-3-2-4-11-18)19-12-5-6-13-21(19)27-22/h5-9,12-14,18H,2-4,10-11,15-16H2,1H3. The first-order chi connectivity index (χ1) is 13.7. The van der Waals surface area contributed by atoms with Crippen molar-refractivity contribution in [3.8, 4) is 0 Å². The molecule has 1 amide bonds. The van der Waals surface area contributed by atoms with Crippen molar-refractivity contribution in [3.63, 3.8) is 0 Å². The third-order valence-electron chi connectivity index (χ3n) is 5.38. The number of thioether (sulfide) groups is 1. The van der Waals surface area contributed by atoms with Gasteiger partial charge in [0.15, 0.2) is 5.76 Å². The number of para-hydroxylation sites is 1. The maximum Gasteiger partial charge on any atom is 0.290 e. The summed E-state index contributed by atoms with van der Waals surface area (Å²) in [5.74, 6) is 1.21. The van der Waals surface area contributed by atoms with Gasteiger partial charge in [-0.05, 0) is 31.0 Å².